The van der Waals surface area contributed by atoms with Gasteiger partial charge >= 0.3 is 6.18 Å². The van der Waals surface area contributed by atoms with Crippen LogP contribution in [0.3, 0.4) is 0 Å². The molecular weight excluding hydrogens is 167 g/mol. The lowest BCUT2D eigenvalue weighted by molar-refractivity contribution is -0.183. The molecular formula is C8H14F3N. The minimum absolute atomic E-state index is 0.269. The van der Waals surface area contributed by atoms with Crippen molar-refractivity contribution in [3.05, 3.63) is 0 Å². The molecule has 0 radical (unpaired) electrons. The smallest absolute Gasteiger partial charge is 0.330 e. The van der Waals surface area contributed by atoms with Crippen LogP contribution in [-0.4, -0.2) is 12.7 Å². The quantitative estimate of drug-likeness (QED) is 0.660. The van der Waals surface area contributed by atoms with E-state index in [0.717, 1.165) is 0 Å². The first kappa shape index (κ1) is 9.84. The largest absolute Gasteiger partial charge is 0.391 e. The molecule has 0 aromatic carbocycles. The maximum absolute atomic E-state index is 12.1. The molecule has 0 saturated heterocycles. The van der Waals surface area contributed by atoms with Crippen molar-refractivity contribution in [2.75, 3.05) is 6.54 Å². The molecule has 2 N–H and O–H groups in total. The van der Waals surface area contributed by atoms with Crippen LogP contribution in [0.1, 0.15) is 25.7 Å². The van der Waals surface area contributed by atoms with Crippen LogP contribution in [0, 0.1) is 11.8 Å². The molecule has 1 fully saturated rings. The minimum atomic E-state index is -3.99. The maximum atomic E-state index is 12.1. The van der Waals surface area contributed by atoms with Crippen LogP contribution in [-0.2, 0) is 0 Å². The van der Waals surface area contributed by atoms with Gasteiger partial charge in [0.2, 0.25) is 0 Å². The van der Waals surface area contributed by atoms with Crippen LogP contribution in [0.4, 0.5) is 13.2 Å². The summed E-state index contributed by atoms with van der Waals surface area (Å²) in [6.07, 6.45) is -2.17. The van der Waals surface area contributed by atoms with Crippen molar-refractivity contribution in [2.45, 2.75) is 31.9 Å². The Labute approximate surface area is 70.1 Å². The number of nitrogens with two attached hydrogens (primary N) is 1. The SMILES string of the molecule is NC[C@H]1CC[C@H](C(F)(F)F)CC1. The van der Waals surface area contributed by atoms with Gasteiger partial charge in [-0.25, -0.2) is 0 Å². The van der Waals surface area contributed by atoms with Gasteiger partial charge < -0.3 is 5.73 Å². The first-order valence-electron chi connectivity index (χ1n) is 4.31. The van der Waals surface area contributed by atoms with Crippen molar-refractivity contribution in [1.82, 2.24) is 0 Å². The van der Waals surface area contributed by atoms with Crippen LogP contribution < -0.4 is 5.73 Å². The zero-order valence-electron chi connectivity index (χ0n) is 6.90. The molecule has 1 nitrogen and oxygen atoms in total. The monoisotopic (exact) mass is 181 g/mol. The van der Waals surface area contributed by atoms with Gasteiger partial charge in [-0.05, 0) is 38.1 Å². The van der Waals surface area contributed by atoms with Gasteiger partial charge in [0.15, 0.2) is 0 Å². The van der Waals surface area contributed by atoms with Gasteiger partial charge in [-0.1, -0.05) is 0 Å². The molecule has 12 heavy (non-hydrogen) atoms. The Morgan fingerprint density at radius 1 is 1.08 bits per heavy atom. The van der Waals surface area contributed by atoms with E-state index in [-0.39, 0.29) is 12.8 Å². The van der Waals surface area contributed by atoms with Crippen molar-refractivity contribution < 1.29 is 13.2 Å². The molecule has 72 valence electrons. The van der Waals surface area contributed by atoms with E-state index in [2.05, 4.69) is 0 Å². The third-order valence-electron chi connectivity index (χ3n) is 2.64. The minimum Gasteiger partial charge on any atom is -0.330 e. The van der Waals surface area contributed by atoms with Crippen LogP contribution in [0.25, 0.3) is 0 Å². The van der Waals surface area contributed by atoms with E-state index in [4.69, 9.17) is 5.73 Å². The molecule has 1 rings (SSSR count). The number of alkyl halides is 3. The Morgan fingerprint density at radius 3 is 1.92 bits per heavy atom. The van der Waals surface area contributed by atoms with Gasteiger partial charge in [0, 0.05) is 0 Å². The summed E-state index contributed by atoms with van der Waals surface area (Å²) >= 11 is 0. The molecule has 0 amide bonds. The zero-order chi connectivity index (χ0) is 9.19. The van der Waals surface area contributed by atoms with E-state index < -0.39 is 12.1 Å². The summed E-state index contributed by atoms with van der Waals surface area (Å²) in [5.74, 6) is -0.746. The Morgan fingerprint density at radius 2 is 1.58 bits per heavy atom. The number of halogens is 3. The highest BCUT2D eigenvalue weighted by Gasteiger charge is 2.40. The van der Waals surface area contributed by atoms with Crippen molar-refractivity contribution in [2.24, 2.45) is 17.6 Å². The predicted molar refractivity (Wildman–Crippen MR) is 40.6 cm³/mol. The molecule has 0 aromatic rings. The maximum Gasteiger partial charge on any atom is 0.391 e. The molecule has 1 aliphatic carbocycles. The lowest BCUT2D eigenvalue weighted by atomic mass is 9.82. The first-order chi connectivity index (χ1) is 5.54. The number of hydrogen-bond acceptors (Lipinski definition) is 1. The Hall–Kier alpha value is -0.250. The molecule has 0 aromatic heterocycles. The Balaban J connectivity index is 2.36. The third kappa shape index (κ3) is 2.37. The number of rotatable bonds is 1. The summed E-state index contributed by atoms with van der Waals surface area (Å²) in [6, 6.07) is 0. The molecule has 4 heteroatoms. The Kier molecular flexibility index (Phi) is 2.99. The zero-order valence-corrected chi connectivity index (χ0v) is 6.90. The fraction of sp³-hybridized carbons (Fsp3) is 1.00. The van der Waals surface area contributed by atoms with Gasteiger partial charge in [-0.3, -0.25) is 0 Å². The summed E-state index contributed by atoms with van der Waals surface area (Å²) < 4.78 is 36.4. The lowest BCUT2D eigenvalue weighted by Crippen LogP contribution is -2.29. The van der Waals surface area contributed by atoms with E-state index in [1.54, 1.807) is 0 Å². The highest BCUT2D eigenvalue weighted by molar-refractivity contribution is 4.77. The van der Waals surface area contributed by atoms with Gasteiger partial charge in [-0.15, -0.1) is 0 Å². The van der Waals surface area contributed by atoms with E-state index in [1.807, 2.05) is 0 Å². The summed E-state index contributed by atoms with van der Waals surface area (Å²) in [5.41, 5.74) is 5.38. The second kappa shape index (κ2) is 3.64. The molecule has 0 aliphatic heterocycles. The van der Waals surface area contributed by atoms with Gasteiger partial charge in [-0.2, -0.15) is 13.2 Å². The van der Waals surface area contributed by atoms with Crippen LogP contribution in [0.2, 0.25) is 0 Å². The van der Waals surface area contributed by atoms with E-state index in [0.29, 0.717) is 25.3 Å². The molecule has 0 heterocycles. The van der Waals surface area contributed by atoms with Crippen LogP contribution >= 0.6 is 0 Å². The lowest BCUT2D eigenvalue weighted by Gasteiger charge is -2.28. The van der Waals surface area contributed by atoms with E-state index in [9.17, 15) is 13.2 Å². The van der Waals surface area contributed by atoms with Gasteiger partial charge in [0.05, 0.1) is 5.92 Å². The topological polar surface area (TPSA) is 26.0 Å². The third-order valence-corrected chi connectivity index (χ3v) is 2.64. The fourth-order valence-corrected chi connectivity index (χ4v) is 1.73. The van der Waals surface area contributed by atoms with Crippen LogP contribution in [0.5, 0.6) is 0 Å². The van der Waals surface area contributed by atoms with Gasteiger partial charge in [0.25, 0.3) is 0 Å². The molecule has 0 atom stereocenters. The first-order valence-corrected chi connectivity index (χ1v) is 4.31. The summed E-state index contributed by atoms with van der Waals surface area (Å²) in [5, 5.41) is 0. The highest BCUT2D eigenvalue weighted by atomic mass is 19.4. The molecule has 1 saturated carbocycles. The average Bonchev–Trinajstić information content (AvgIpc) is 2.03. The number of hydrogen-bond donors (Lipinski definition) is 1. The second-order valence-corrected chi connectivity index (χ2v) is 3.49. The average molecular weight is 181 g/mol. The molecule has 0 spiro atoms. The predicted octanol–water partition coefficient (Wildman–Crippen LogP) is 2.31. The second-order valence-electron chi connectivity index (χ2n) is 3.49. The summed E-state index contributed by atoms with van der Waals surface area (Å²) in [7, 11) is 0. The standard InChI is InChI=1S/C8H14F3N/c9-8(10,11)7-3-1-6(5-12)2-4-7/h6-7H,1-5,12H2/t6-,7-. The van der Waals surface area contributed by atoms with Crippen LogP contribution in [0.15, 0.2) is 0 Å². The normalized spacial score (nSPS) is 32.0. The molecule has 0 bridgehead atoms. The fourth-order valence-electron chi connectivity index (χ4n) is 1.73. The molecule has 1 aliphatic rings. The van der Waals surface area contributed by atoms with Crippen molar-refractivity contribution in [3.8, 4) is 0 Å². The van der Waals surface area contributed by atoms with E-state index in [1.165, 1.54) is 0 Å². The van der Waals surface area contributed by atoms with Crippen molar-refractivity contribution >= 4 is 0 Å². The van der Waals surface area contributed by atoms with Crippen molar-refractivity contribution in [1.29, 1.82) is 0 Å². The van der Waals surface area contributed by atoms with Gasteiger partial charge in [0.1, 0.15) is 0 Å². The van der Waals surface area contributed by atoms with Crippen molar-refractivity contribution in [3.63, 3.8) is 0 Å². The summed E-state index contributed by atoms with van der Waals surface area (Å²) in [6.45, 7) is 0.532. The van der Waals surface area contributed by atoms with E-state index >= 15 is 0 Å². The highest BCUT2D eigenvalue weighted by Crippen LogP contribution is 2.38. The molecule has 0 unspecified atom stereocenters. The Bertz CT molecular complexity index is 136. The summed E-state index contributed by atoms with van der Waals surface area (Å²) in [4.78, 5) is 0.